The van der Waals surface area contributed by atoms with Gasteiger partial charge in [0.1, 0.15) is 19.3 Å². The van der Waals surface area contributed by atoms with Gasteiger partial charge in [0.15, 0.2) is 17.3 Å². The van der Waals surface area contributed by atoms with Crippen LogP contribution in [0.2, 0.25) is 0 Å². The SMILES string of the molecule is CC(C)C(NC(=O)c1ccco1)C(=O)NCCc1ccc2c(c1)OCCO2. The number of nitrogens with one attached hydrogen (secondary N) is 2. The third kappa shape index (κ3) is 4.81. The summed E-state index contributed by atoms with van der Waals surface area (Å²) in [6, 6.07) is 8.32. The quantitative estimate of drug-likeness (QED) is 0.777. The molecule has 1 atom stereocenters. The molecule has 7 heteroatoms. The van der Waals surface area contributed by atoms with E-state index in [4.69, 9.17) is 13.9 Å². The minimum atomic E-state index is -0.636. The Balaban J connectivity index is 1.52. The van der Waals surface area contributed by atoms with Crippen LogP contribution in [0.1, 0.15) is 30.0 Å². The maximum Gasteiger partial charge on any atom is 0.287 e. The number of benzene rings is 1. The highest BCUT2D eigenvalue weighted by atomic mass is 16.6. The number of furan rings is 1. The van der Waals surface area contributed by atoms with E-state index < -0.39 is 11.9 Å². The maximum absolute atomic E-state index is 12.5. The fraction of sp³-hybridized carbons (Fsp3) is 0.400. The Bertz CT molecular complexity index is 786. The number of ether oxygens (including phenoxy) is 2. The number of fused-ring (bicyclic) bond motifs is 1. The van der Waals surface area contributed by atoms with Crippen LogP contribution in [0.25, 0.3) is 0 Å². The first-order valence-electron chi connectivity index (χ1n) is 9.05. The molecule has 1 aromatic carbocycles. The lowest BCUT2D eigenvalue weighted by Crippen LogP contribution is -2.50. The van der Waals surface area contributed by atoms with Gasteiger partial charge < -0.3 is 24.5 Å². The lowest BCUT2D eigenvalue weighted by molar-refractivity contribution is -0.123. The third-order valence-electron chi connectivity index (χ3n) is 4.30. The second-order valence-electron chi connectivity index (χ2n) is 6.69. The zero-order valence-corrected chi connectivity index (χ0v) is 15.5. The summed E-state index contributed by atoms with van der Waals surface area (Å²) in [4.78, 5) is 24.7. The average molecular weight is 372 g/mol. The van der Waals surface area contributed by atoms with Crippen molar-refractivity contribution in [2.45, 2.75) is 26.3 Å². The first kappa shape index (κ1) is 18.8. The Hall–Kier alpha value is -2.96. The van der Waals surface area contributed by atoms with Gasteiger partial charge in [-0.05, 0) is 42.2 Å². The molecule has 1 aromatic heterocycles. The van der Waals surface area contributed by atoms with Crippen molar-refractivity contribution < 1.29 is 23.5 Å². The fourth-order valence-electron chi connectivity index (χ4n) is 2.84. The summed E-state index contributed by atoms with van der Waals surface area (Å²) in [5, 5.41) is 5.61. The number of carbonyl (C=O) groups excluding carboxylic acids is 2. The van der Waals surface area contributed by atoms with Crippen LogP contribution in [-0.4, -0.2) is 37.6 Å². The van der Waals surface area contributed by atoms with Gasteiger partial charge in [-0.2, -0.15) is 0 Å². The van der Waals surface area contributed by atoms with Crippen molar-refractivity contribution in [2.24, 2.45) is 5.92 Å². The summed E-state index contributed by atoms with van der Waals surface area (Å²) < 4.78 is 16.1. The summed E-state index contributed by atoms with van der Waals surface area (Å²) in [7, 11) is 0. The molecule has 27 heavy (non-hydrogen) atoms. The molecule has 0 saturated heterocycles. The molecule has 0 fully saturated rings. The molecule has 144 valence electrons. The van der Waals surface area contributed by atoms with Crippen LogP contribution in [0.3, 0.4) is 0 Å². The van der Waals surface area contributed by atoms with Gasteiger partial charge >= 0.3 is 0 Å². The van der Waals surface area contributed by atoms with E-state index in [1.165, 1.54) is 6.26 Å². The second kappa shape index (κ2) is 8.62. The van der Waals surface area contributed by atoms with Crippen molar-refractivity contribution in [3.63, 3.8) is 0 Å². The summed E-state index contributed by atoms with van der Waals surface area (Å²) in [5.41, 5.74) is 1.04. The molecule has 3 rings (SSSR count). The monoisotopic (exact) mass is 372 g/mol. The van der Waals surface area contributed by atoms with Gasteiger partial charge in [0, 0.05) is 6.54 Å². The average Bonchev–Trinajstić information content (AvgIpc) is 3.20. The van der Waals surface area contributed by atoms with E-state index in [-0.39, 0.29) is 17.6 Å². The molecule has 0 spiro atoms. The molecule has 0 saturated carbocycles. The first-order valence-corrected chi connectivity index (χ1v) is 9.05. The number of rotatable bonds is 7. The van der Waals surface area contributed by atoms with Gasteiger partial charge in [-0.15, -0.1) is 0 Å². The van der Waals surface area contributed by atoms with E-state index in [0.29, 0.717) is 26.2 Å². The van der Waals surface area contributed by atoms with E-state index in [1.54, 1.807) is 12.1 Å². The topological polar surface area (TPSA) is 89.8 Å². The van der Waals surface area contributed by atoms with Crippen LogP contribution in [-0.2, 0) is 11.2 Å². The van der Waals surface area contributed by atoms with E-state index in [2.05, 4.69) is 10.6 Å². The highest BCUT2D eigenvalue weighted by molar-refractivity contribution is 5.95. The zero-order valence-electron chi connectivity index (χ0n) is 15.5. The summed E-state index contributed by atoms with van der Waals surface area (Å²) in [6.45, 7) is 5.32. The van der Waals surface area contributed by atoms with Crippen molar-refractivity contribution in [3.05, 3.63) is 47.9 Å². The van der Waals surface area contributed by atoms with Crippen molar-refractivity contribution >= 4 is 11.8 Å². The van der Waals surface area contributed by atoms with E-state index >= 15 is 0 Å². The normalized spacial score (nSPS) is 13.9. The van der Waals surface area contributed by atoms with Crippen LogP contribution >= 0.6 is 0 Å². The Morgan fingerprint density at radius 2 is 1.89 bits per heavy atom. The summed E-state index contributed by atoms with van der Waals surface area (Å²) >= 11 is 0. The predicted molar refractivity (Wildman–Crippen MR) is 98.9 cm³/mol. The van der Waals surface area contributed by atoms with Gasteiger partial charge in [-0.1, -0.05) is 19.9 Å². The largest absolute Gasteiger partial charge is 0.486 e. The molecule has 1 aliphatic rings. The standard InChI is InChI=1S/C20H24N2O5/c1-13(2)18(22-19(23)16-4-3-9-25-16)20(24)21-8-7-14-5-6-15-17(12-14)27-11-10-26-15/h3-6,9,12-13,18H,7-8,10-11H2,1-2H3,(H,21,24)(H,22,23). The third-order valence-corrected chi connectivity index (χ3v) is 4.30. The minimum absolute atomic E-state index is 0.0572. The Morgan fingerprint density at radius 3 is 2.59 bits per heavy atom. The van der Waals surface area contributed by atoms with Crippen LogP contribution < -0.4 is 20.1 Å². The lowest BCUT2D eigenvalue weighted by atomic mass is 10.0. The number of amides is 2. The highest BCUT2D eigenvalue weighted by Gasteiger charge is 2.25. The smallest absolute Gasteiger partial charge is 0.287 e. The van der Waals surface area contributed by atoms with Gasteiger partial charge in [0.2, 0.25) is 5.91 Å². The fourth-order valence-corrected chi connectivity index (χ4v) is 2.84. The zero-order chi connectivity index (χ0) is 19.2. The molecule has 2 heterocycles. The molecule has 7 nitrogen and oxygen atoms in total. The van der Waals surface area contributed by atoms with Gasteiger partial charge in [0.05, 0.1) is 6.26 Å². The first-order chi connectivity index (χ1) is 13.0. The Kier molecular flexibility index (Phi) is 6.01. The van der Waals surface area contributed by atoms with Gasteiger partial charge in [-0.3, -0.25) is 9.59 Å². The molecule has 0 bridgehead atoms. The van der Waals surface area contributed by atoms with E-state index in [0.717, 1.165) is 17.1 Å². The molecule has 1 aliphatic heterocycles. The van der Waals surface area contributed by atoms with Gasteiger partial charge in [0.25, 0.3) is 5.91 Å². The molecule has 2 amide bonds. The van der Waals surface area contributed by atoms with Crippen LogP contribution in [0.5, 0.6) is 11.5 Å². The number of hydrogen-bond acceptors (Lipinski definition) is 5. The van der Waals surface area contributed by atoms with E-state index in [9.17, 15) is 9.59 Å². The number of hydrogen-bond donors (Lipinski definition) is 2. The number of carbonyl (C=O) groups is 2. The Labute approximate surface area is 158 Å². The van der Waals surface area contributed by atoms with Gasteiger partial charge in [-0.25, -0.2) is 0 Å². The minimum Gasteiger partial charge on any atom is -0.486 e. The molecule has 2 aromatic rings. The van der Waals surface area contributed by atoms with Crippen molar-refractivity contribution in [1.82, 2.24) is 10.6 Å². The highest BCUT2D eigenvalue weighted by Crippen LogP contribution is 2.30. The molecule has 0 aliphatic carbocycles. The maximum atomic E-state index is 12.5. The molecule has 1 unspecified atom stereocenters. The van der Waals surface area contributed by atoms with Crippen LogP contribution in [0.15, 0.2) is 41.0 Å². The van der Waals surface area contributed by atoms with Crippen molar-refractivity contribution in [3.8, 4) is 11.5 Å². The van der Waals surface area contributed by atoms with Crippen molar-refractivity contribution in [1.29, 1.82) is 0 Å². The molecular weight excluding hydrogens is 348 g/mol. The van der Waals surface area contributed by atoms with Crippen molar-refractivity contribution in [2.75, 3.05) is 19.8 Å². The predicted octanol–water partition coefficient (Wildman–Crippen LogP) is 2.16. The van der Waals surface area contributed by atoms with E-state index in [1.807, 2.05) is 32.0 Å². The summed E-state index contributed by atoms with van der Waals surface area (Å²) in [5.74, 6) is 0.983. The van der Waals surface area contributed by atoms with Crippen LogP contribution in [0, 0.1) is 5.92 Å². The van der Waals surface area contributed by atoms with Crippen LogP contribution in [0.4, 0.5) is 0 Å². The molecular formula is C20H24N2O5. The molecule has 0 radical (unpaired) electrons. The second-order valence-corrected chi connectivity index (χ2v) is 6.69. The Morgan fingerprint density at radius 1 is 1.11 bits per heavy atom. The molecule has 2 N–H and O–H groups in total. The lowest BCUT2D eigenvalue weighted by Gasteiger charge is -2.21. The summed E-state index contributed by atoms with van der Waals surface area (Å²) in [6.07, 6.45) is 2.08.